The zero-order valence-electron chi connectivity index (χ0n) is 10.4. The Balaban J connectivity index is 2.37. The van der Waals surface area contributed by atoms with Crippen molar-refractivity contribution >= 4 is 15.7 Å². The van der Waals surface area contributed by atoms with Crippen LogP contribution in [0.1, 0.15) is 12.8 Å². The van der Waals surface area contributed by atoms with Crippen molar-refractivity contribution in [3.05, 3.63) is 34.4 Å². The second-order valence-electron chi connectivity index (χ2n) is 4.63. The zero-order valence-corrected chi connectivity index (χ0v) is 11.2. The second-order valence-corrected chi connectivity index (χ2v) is 6.60. The molecule has 0 atom stereocenters. The van der Waals surface area contributed by atoms with Crippen LogP contribution in [0.5, 0.6) is 0 Å². The third-order valence-electron chi connectivity index (χ3n) is 3.38. The Morgan fingerprint density at radius 1 is 1.37 bits per heavy atom. The Bertz CT molecular complexity index is 596. The van der Waals surface area contributed by atoms with E-state index in [-0.39, 0.29) is 17.0 Å². The third kappa shape index (κ3) is 2.46. The number of benzene rings is 1. The smallest absolute Gasteiger partial charge is 0.289 e. The molecule has 1 aliphatic carbocycles. The van der Waals surface area contributed by atoms with Gasteiger partial charge in [0.15, 0.2) is 4.90 Å². The molecular formula is C11H15N3O4S. The van der Waals surface area contributed by atoms with Crippen molar-refractivity contribution in [3.63, 3.8) is 0 Å². The average molecular weight is 285 g/mol. The van der Waals surface area contributed by atoms with Gasteiger partial charge in [-0.05, 0) is 18.9 Å². The van der Waals surface area contributed by atoms with Gasteiger partial charge < -0.3 is 5.73 Å². The fourth-order valence-corrected chi connectivity index (χ4v) is 3.64. The minimum absolute atomic E-state index is 0.00779. The van der Waals surface area contributed by atoms with Gasteiger partial charge in [-0.2, -0.15) is 4.31 Å². The number of rotatable bonds is 4. The molecule has 19 heavy (non-hydrogen) atoms. The lowest BCUT2D eigenvalue weighted by Gasteiger charge is -2.38. The molecule has 8 heteroatoms. The third-order valence-corrected chi connectivity index (χ3v) is 5.34. The molecule has 0 unspecified atom stereocenters. The highest BCUT2D eigenvalue weighted by Crippen LogP contribution is 2.31. The number of nitrogens with two attached hydrogens (primary N) is 1. The van der Waals surface area contributed by atoms with Crippen molar-refractivity contribution in [1.29, 1.82) is 0 Å². The van der Waals surface area contributed by atoms with Gasteiger partial charge in [-0.1, -0.05) is 12.1 Å². The summed E-state index contributed by atoms with van der Waals surface area (Å²) in [6, 6.07) is 5.18. The Morgan fingerprint density at radius 2 is 1.95 bits per heavy atom. The van der Waals surface area contributed by atoms with Crippen LogP contribution in [-0.4, -0.2) is 36.8 Å². The number of nitro groups is 1. The van der Waals surface area contributed by atoms with E-state index in [9.17, 15) is 18.5 Å². The maximum Gasteiger partial charge on any atom is 0.289 e. The molecule has 0 aromatic heterocycles. The van der Waals surface area contributed by atoms with E-state index in [0.717, 1.165) is 0 Å². The molecule has 7 nitrogen and oxygen atoms in total. The van der Waals surface area contributed by atoms with Gasteiger partial charge in [-0.25, -0.2) is 8.42 Å². The maximum atomic E-state index is 12.4. The fourth-order valence-electron chi connectivity index (χ4n) is 2.10. The second kappa shape index (κ2) is 4.87. The predicted octanol–water partition coefficient (Wildman–Crippen LogP) is 0.705. The van der Waals surface area contributed by atoms with Crippen molar-refractivity contribution in [2.45, 2.75) is 29.8 Å². The lowest BCUT2D eigenvalue weighted by molar-refractivity contribution is -0.387. The van der Waals surface area contributed by atoms with E-state index in [1.807, 2.05) is 0 Å². The van der Waals surface area contributed by atoms with Crippen molar-refractivity contribution in [2.24, 2.45) is 5.73 Å². The summed E-state index contributed by atoms with van der Waals surface area (Å²) in [5.74, 6) is 0. The van der Waals surface area contributed by atoms with E-state index in [2.05, 4.69) is 0 Å². The van der Waals surface area contributed by atoms with Crippen LogP contribution in [0.3, 0.4) is 0 Å². The van der Waals surface area contributed by atoms with E-state index in [0.29, 0.717) is 12.8 Å². The Morgan fingerprint density at radius 3 is 2.47 bits per heavy atom. The molecule has 1 aromatic rings. The van der Waals surface area contributed by atoms with E-state index >= 15 is 0 Å². The van der Waals surface area contributed by atoms with E-state index in [4.69, 9.17) is 5.73 Å². The van der Waals surface area contributed by atoms with Crippen LogP contribution in [0.4, 0.5) is 5.69 Å². The number of hydrogen-bond acceptors (Lipinski definition) is 5. The quantitative estimate of drug-likeness (QED) is 0.647. The van der Waals surface area contributed by atoms with Gasteiger partial charge >= 0.3 is 0 Å². The molecule has 0 bridgehead atoms. The molecule has 2 N–H and O–H groups in total. The lowest BCUT2D eigenvalue weighted by Crippen LogP contribution is -2.51. The number of para-hydroxylation sites is 1. The first kappa shape index (κ1) is 13.9. The van der Waals surface area contributed by atoms with Gasteiger partial charge in [0.05, 0.1) is 4.92 Å². The molecule has 1 aliphatic rings. The van der Waals surface area contributed by atoms with Crippen molar-refractivity contribution < 1.29 is 13.3 Å². The minimum atomic E-state index is -3.86. The van der Waals surface area contributed by atoms with Crippen molar-refractivity contribution in [2.75, 3.05) is 7.05 Å². The summed E-state index contributed by atoms with van der Waals surface area (Å²) >= 11 is 0. The van der Waals surface area contributed by atoms with Crippen molar-refractivity contribution in [3.8, 4) is 0 Å². The summed E-state index contributed by atoms with van der Waals surface area (Å²) in [6.45, 7) is 0. The molecule has 1 saturated carbocycles. The average Bonchev–Trinajstić information content (AvgIpc) is 2.34. The Hall–Kier alpha value is -1.51. The van der Waals surface area contributed by atoms with Crippen LogP contribution in [0.2, 0.25) is 0 Å². The van der Waals surface area contributed by atoms with Crippen LogP contribution in [0, 0.1) is 10.1 Å². The molecule has 0 spiro atoms. The highest BCUT2D eigenvalue weighted by molar-refractivity contribution is 7.89. The number of nitrogens with zero attached hydrogens (tertiary/aromatic N) is 2. The van der Waals surface area contributed by atoms with Gasteiger partial charge in [0.25, 0.3) is 5.69 Å². The highest BCUT2D eigenvalue weighted by Gasteiger charge is 2.38. The van der Waals surface area contributed by atoms with E-state index < -0.39 is 20.6 Å². The highest BCUT2D eigenvalue weighted by atomic mass is 32.2. The largest absolute Gasteiger partial charge is 0.328 e. The summed E-state index contributed by atoms with van der Waals surface area (Å²) in [7, 11) is -2.43. The number of hydrogen-bond donors (Lipinski definition) is 1. The fraction of sp³-hybridized carbons (Fsp3) is 0.455. The molecule has 0 saturated heterocycles. The summed E-state index contributed by atoms with van der Waals surface area (Å²) in [5, 5.41) is 10.9. The minimum Gasteiger partial charge on any atom is -0.328 e. The van der Waals surface area contributed by atoms with Crippen LogP contribution in [0.25, 0.3) is 0 Å². The molecule has 0 amide bonds. The summed E-state index contributed by atoms with van der Waals surface area (Å²) in [6.07, 6.45) is 1.16. The molecule has 104 valence electrons. The molecule has 1 aromatic carbocycles. The van der Waals surface area contributed by atoms with Crippen LogP contribution >= 0.6 is 0 Å². The zero-order chi connectivity index (χ0) is 14.2. The standard InChI is InChI=1S/C11H15N3O4S/c1-13(9-6-8(12)7-9)19(17,18)11-5-3-2-4-10(11)14(15)16/h2-5,8-9H,6-7,12H2,1H3. The Kier molecular flexibility index (Phi) is 3.57. The monoisotopic (exact) mass is 285 g/mol. The normalized spacial score (nSPS) is 23.1. The molecule has 0 radical (unpaired) electrons. The summed E-state index contributed by atoms with van der Waals surface area (Å²) in [4.78, 5) is 9.94. The molecule has 0 heterocycles. The molecule has 2 rings (SSSR count). The first-order chi connectivity index (χ1) is 8.84. The van der Waals surface area contributed by atoms with E-state index in [1.54, 1.807) is 0 Å². The van der Waals surface area contributed by atoms with Crippen LogP contribution in [-0.2, 0) is 10.0 Å². The first-order valence-electron chi connectivity index (χ1n) is 5.81. The number of sulfonamides is 1. The summed E-state index contributed by atoms with van der Waals surface area (Å²) in [5.41, 5.74) is 5.23. The van der Waals surface area contributed by atoms with Crippen LogP contribution < -0.4 is 5.73 Å². The summed E-state index contributed by atoms with van der Waals surface area (Å²) < 4.78 is 25.9. The lowest BCUT2D eigenvalue weighted by atomic mass is 9.88. The molecule has 1 fully saturated rings. The Labute approximate surface area is 111 Å². The molecular weight excluding hydrogens is 270 g/mol. The van der Waals surface area contributed by atoms with Gasteiger partial charge in [0.2, 0.25) is 10.0 Å². The molecule has 0 aliphatic heterocycles. The van der Waals surface area contributed by atoms with Gasteiger partial charge in [-0.15, -0.1) is 0 Å². The van der Waals surface area contributed by atoms with E-state index in [1.165, 1.54) is 35.6 Å². The van der Waals surface area contributed by atoms with Crippen molar-refractivity contribution in [1.82, 2.24) is 4.31 Å². The van der Waals surface area contributed by atoms with Gasteiger partial charge in [-0.3, -0.25) is 10.1 Å². The van der Waals surface area contributed by atoms with Gasteiger partial charge in [0, 0.05) is 25.2 Å². The SMILES string of the molecule is CN(C1CC(N)C1)S(=O)(=O)c1ccccc1[N+](=O)[O-]. The maximum absolute atomic E-state index is 12.4. The first-order valence-corrected chi connectivity index (χ1v) is 7.25. The van der Waals surface area contributed by atoms with Gasteiger partial charge in [0.1, 0.15) is 0 Å². The van der Waals surface area contributed by atoms with Crippen LogP contribution in [0.15, 0.2) is 29.2 Å². The number of nitro benzene ring substituents is 1. The predicted molar refractivity (Wildman–Crippen MR) is 69.0 cm³/mol. The topological polar surface area (TPSA) is 107 Å².